The van der Waals surface area contributed by atoms with Crippen LogP contribution < -0.4 is 10.5 Å². The Morgan fingerprint density at radius 3 is 2.38 bits per heavy atom. The van der Waals surface area contributed by atoms with Crippen molar-refractivity contribution in [2.24, 2.45) is 0 Å². The lowest BCUT2D eigenvalue weighted by molar-refractivity contribution is -0.139. The van der Waals surface area contributed by atoms with E-state index in [9.17, 15) is 9.59 Å². The molecule has 0 spiro atoms. The Labute approximate surface area is 124 Å². The third-order valence-electron chi connectivity index (χ3n) is 3.63. The van der Waals surface area contributed by atoms with Gasteiger partial charge in [-0.25, -0.2) is 0 Å². The molecule has 114 valence electrons. The number of rotatable bonds is 3. The second-order valence-corrected chi connectivity index (χ2v) is 5.20. The normalized spacial score (nSPS) is 15.0. The third kappa shape index (κ3) is 3.87. The minimum Gasteiger partial charge on any atom is -0.483 e. The van der Waals surface area contributed by atoms with Crippen molar-refractivity contribution in [2.45, 2.75) is 13.8 Å². The molecule has 6 heteroatoms. The first-order chi connectivity index (χ1) is 9.97. The summed E-state index contributed by atoms with van der Waals surface area (Å²) in [5.41, 5.74) is 7.25. The maximum absolute atomic E-state index is 12.1. The van der Waals surface area contributed by atoms with Crippen molar-refractivity contribution in [3.63, 3.8) is 0 Å². The second kappa shape index (κ2) is 6.47. The Bertz CT molecular complexity index is 537. The molecule has 21 heavy (non-hydrogen) atoms. The average molecular weight is 291 g/mol. The first-order valence-corrected chi connectivity index (χ1v) is 6.99. The van der Waals surface area contributed by atoms with Crippen LogP contribution in [-0.4, -0.2) is 54.4 Å². The summed E-state index contributed by atoms with van der Waals surface area (Å²) in [5.74, 6) is 0.658. The van der Waals surface area contributed by atoms with E-state index in [-0.39, 0.29) is 18.4 Å². The van der Waals surface area contributed by atoms with E-state index >= 15 is 0 Å². The zero-order valence-corrected chi connectivity index (χ0v) is 12.5. The summed E-state index contributed by atoms with van der Waals surface area (Å²) in [7, 11) is 0. The van der Waals surface area contributed by atoms with Crippen molar-refractivity contribution in [3.05, 3.63) is 23.8 Å². The summed E-state index contributed by atoms with van der Waals surface area (Å²) < 4.78 is 5.55. The predicted octanol–water partition coefficient (Wildman–Crippen LogP) is 0.647. The lowest BCUT2D eigenvalue weighted by Gasteiger charge is -2.34. The molecule has 0 unspecified atom stereocenters. The number of anilines is 1. The van der Waals surface area contributed by atoms with E-state index in [4.69, 9.17) is 10.5 Å². The maximum Gasteiger partial charge on any atom is 0.260 e. The van der Waals surface area contributed by atoms with Gasteiger partial charge in [-0.05, 0) is 30.7 Å². The van der Waals surface area contributed by atoms with Crippen LogP contribution in [0.4, 0.5) is 5.69 Å². The molecule has 1 fully saturated rings. The highest BCUT2D eigenvalue weighted by Gasteiger charge is 2.22. The Kier molecular flexibility index (Phi) is 4.67. The van der Waals surface area contributed by atoms with E-state index in [1.54, 1.807) is 28.9 Å². The molecule has 1 aromatic rings. The smallest absolute Gasteiger partial charge is 0.260 e. The van der Waals surface area contributed by atoms with Gasteiger partial charge in [0.1, 0.15) is 5.75 Å². The number of benzene rings is 1. The van der Waals surface area contributed by atoms with Gasteiger partial charge >= 0.3 is 0 Å². The highest BCUT2D eigenvalue weighted by atomic mass is 16.5. The minimum absolute atomic E-state index is 0.00479. The topological polar surface area (TPSA) is 75.9 Å². The van der Waals surface area contributed by atoms with Crippen LogP contribution in [0.15, 0.2) is 18.2 Å². The molecule has 1 aromatic carbocycles. The molecule has 1 aliphatic rings. The second-order valence-electron chi connectivity index (χ2n) is 5.20. The van der Waals surface area contributed by atoms with E-state index in [1.807, 2.05) is 13.0 Å². The molecule has 0 aromatic heterocycles. The van der Waals surface area contributed by atoms with Gasteiger partial charge in [-0.3, -0.25) is 9.59 Å². The fraction of sp³-hybridized carbons (Fsp3) is 0.467. The van der Waals surface area contributed by atoms with E-state index in [1.165, 1.54) is 0 Å². The van der Waals surface area contributed by atoms with Crippen LogP contribution in [0.2, 0.25) is 0 Å². The van der Waals surface area contributed by atoms with Gasteiger partial charge in [-0.15, -0.1) is 0 Å². The van der Waals surface area contributed by atoms with Crippen molar-refractivity contribution in [2.75, 3.05) is 38.5 Å². The SMILES string of the molecule is CC(=O)N1CCN(C(=O)COc2ccc(N)cc2C)CC1. The first kappa shape index (κ1) is 15.2. The molecule has 1 aliphatic heterocycles. The summed E-state index contributed by atoms with van der Waals surface area (Å²) in [6, 6.07) is 5.33. The Morgan fingerprint density at radius 1 is 1.19 bits per heavy atom. The van der Waals surface area contributed by atoms with Crippen LogP contribution >= 0.6 is 0 Å². The van der Waals surface area contributed by atoms with Gasteiger partial charge < -0.3 is 20.3 Å². The van der Waals surface area contributed by atoms with Gasteiger partial charge in [0.2, 0.25) is 5.91 Å². The monoisotopic (exact) mass is 291 g/mol. The van der Waals surface area contributed by atoms with Gasteiger partial charge in [-0.1, -0.05) is 0 Å². The number of amides is 2. The van der Waals surface area contributed by atoms with Crippen LogP contribution in [0, 0.1) is 6.92 Å². The van der Waals surface area contributed by atoms with Gasteiger partial charge in [0.05, 0.1) is 0 Å². The number of carbonyl (C=O) groups excluding carboxylic acids is 2. The Hall–Kier alpha value is -2.24. The molecule has 1 heterocycles. The maximum atomic E-state index is 12.1. The van der Waals surface area contributed by atoms with Crippen LogP contribution in [0.1, 0.15) is 12.5 Å². The summed E-state index contributed by atoms with van der Waals surface area (Å²) in [5, 5.41) is 0. The molecule has 0 saturated carbocycles. The standard InChI is InChI=1S/C15H21N3O3/c1-11-9-13(16)3-4-14(11)21-10-15(20)18-7-5-17(6-8-18)12(2)19/h3-4,9H,5-8,10,16H2,1-2H3. The number of aryl methyl sites for hydroxylation is 1. The molecular formula is C15H21N3O3. The number of ether oxygens (including phenoxy) is 1. The zero-order chi connectivity index (χ0) is 15.4. The molecule has 0 radical (unpaired) electrons. The molecule has 2 N–H and O–H groups in total. The minimum atomic E-state index is -0.0607. The van der Waals surface area contributed by atoms with Crippen LogP contribution in [0.5, 0.6) is 5.75 Å². The highest BCUT2D eigenvalue weighted by molar-refractivity contribution is 5.78. The van der Waals surface area contributed by atoms with Crippen molar-refractivity contribution in [1.29, 1.82) is 0 Å². The molecule has 2 rings (SSSR count). The van der Waals surface area contributed by atoms with Crippen molar-refractivity contribution in [1.82, 2.24) is 9.80 Å². The van der Waals surface area contributed by atoms with E-state index < -0.39 is 0 Å². The van der Waals surface area contributed by atoms with Crippen molar-refractivity contribution < 1.29 is 14.3 Å². The van der Waals surface area contributed by atoms with Crippen LogP contribution in [-0.2, 0) is 9.59 Å². The number of hydrogen-bond donors (Lipinski definition) is 1. The largest absolute Gasteiger partial charge is 0.483 e. The lowest BCUT2D eigenvalue weighted by Crippen LogP contribution is -2.51. The number of carbonyl (C=O) groups is 2. The fourth-order valence-corrected chi connectivity index (χ4v) is 2.34. The molecule has 0 bridgehead atoms. The third-order valence-corrected chi connectivity index (χ3v) is 3.63. The van der Waals surface area contributed by atoms with Crippen molar-refractivity contribution >= 4 is 17.5 Å². The van der Waals surface area contributed by atoms with E-state index in [0.29, 0.717) is 37.6 Å². The molecule has 2 amide bonds. The quantitative estimate of drug-likeness (QED) is 0.830. The molecular weight excluding hydrogens is 270 g/mol. The summed E-state index contributed by atoms with van der Waals surface area (Å²) in [4.78, 5) is 26.8. The molecule has 1 saturated heterocycles. The summed E-state index contributed by atoms with van der Waals surface area (Å²) in [6.07, 6.45) is 0. The van der Waals surface area contributed by atoms with Gasteiger partial charge in [0.15, 0.2) is 6.61 Å². The van der Waals surface area contributed by atoms with Gasteiger partial charge in [0, 0.05) is 38.8 Å². The highest BCUT2D eigenvalue weighted by Crippen LogP contribution is 2.20. The summed E-state index contributed by atoms with van der Waals surface area (Å²) in [6.45, 7) is 5.73. The molecule has 0 atom stereocenters. The van der Waals surface area contributed by atoms with Gasteiger partial charge in [-0.2, -0.15) is 0 Å². The number of nitrogen functional groups attached to an aromatic ring is 1. The Balaban J connectivity index is 1.84. The number of hydrogen-bond acceptors (Lipinski definition) is 4. The number of nitrogens with zero attached hydrogens (tertiary/aromatic N) is 2. The number of nitrogens with two attached hydrogens (primary N) is 1. The molecule has 6 nitrogen and oxygen atoms in total. The van der Waals surface area contributed by atoms with Crippen LogP contribution in [0.3, 0.4) is 0 Å². The predicted molar refractivity (Wildman–Crippen MR) is 79.9 cm³/mol. The first-order valence-electron chi connectivity index (χ1n) is 6.99. The average Bonchev–Trinajstić information content (AvgIpc) is 2.46. The summed E-state index contributed by atoms with van der Waals surface area (Å²) >= 11 is 0. The van der Waals surface area contributed by atoms with Crippen molar-refractivity contribution in [3.8, 4) is 5.75 Å². The lowest BCUT2D eigenvalue weighted by atomic mass is 10.2. The van der Waals surface area contributed by atoms with Crippen LogP contribution in [0.25, 0.3) is 0 Å². The van der Waals surface area contributed by atoms with Gasteiger partial charge in [0.25, 0.3) is 5.91 Å². The molecule has 0 aliphatic carbocycles. The number of piperazine rings is 1. The fourth-order valence-electron chi connectivity index (χ4n) is 2.34. The van der Waals surface area contributed by atoms with E-state index in [0.717, 1.165) is 5.56 Å². The van der Waals surface area contributed by atoms with E-state index in [2.05, 4.69) is 0 Å². The zero-order valence-electron chi connectivity index (χ0n) is 12.5. The Morgan fingerprint density at radius 2 is 1.81 bits per heavy atom.